The highest BCUT2D eigenvalue weighted by atomic mass is 35.5. The molecule has 4 aromatic rings. The molecule has 0 saturated carbocycles. The lowest BCUT2D eigenvalue weighted by Crippen LogP contribution is -2.61. The van der Waals surface area contributed by atoms with Gasteiger partial charge in [-0.1, -0.05) is 11.6 Å². The Morgan fingerprint density at radius 1 is 0.981 bits per heavy atom. The number of hydrogen-bond donors (Lipinski definition) is 3. The Balaban J connectivity index is 0.00000392. The number of aliphatic hydroxyl groups is 1. The van der Waals surface area contributed by atoms with Crippen molar-refractivity contribution in [3.63, 3.8) is 0 Å². The van der Waals surface area contributed by atoms with E-state index in [0.29, 0.717) is 27.7 Å². The molecule has 0 aliphatic carbocycles. The van der Waals surface area contributed by atoms with Crippen LogP contribution in [0.1, 0.15) is 28.6 Å². The van der Waals surface area contributed by atoms with Crippen molar-refractivity contribution in [2.24, 2.45) is 0 Å². The number of nitrogens with zero attached hydrogens (tertiary/aromatic N) is 5. The molecule has 15 nitrogen and oxygen atoms in total. The summed E-state index contributed by atoms with van der Waals surface area (Å²) in [5.74, 6) is -0.109. The summed E-state index contributed by atoms with van der Waals surface area (Å²) >= 11 is 6.33. The normalized spacial score (nSPS) is 14.6. The van der Waals surface area contributed by atoms with E-state index in [9.17, 15) is 28.7 Å². The maximum atomic E-state index is 14.4. The summed E-state index contributed by atoms with van der Waals surface area (Å²) in [6.45, 7) is 3.59. The van der Waals surface area contributed by atoms with Crippen LogP contribution in [0.2, 0.25) is 5.02 Å². The summed E-state index contributed by atoms with van der Waals surface area (Å²) in [6.07, 6.45) is -2.08. The number of alkyl carbamates (subject to hydrolysis) is 1. The first kappa shape index (κ1) is 37.6. The van der Waals surface area contributed by atoms with Gasteiger partial charge in [0.15, 0.2) is 5.82 Å². The van der Waals surface area contributed by atoms with E-state index in [1.807, 2.05) is 0 Å². The molecule has 3 aromatic carbocycles. The van der Waals surface area contributed by atoms with Gasteiger partial charge in [0.2, 0.25) is 5.91 Å². The Kier molecular flexibility index (Phi) is 11.7. The van der Waals surface area contributed by atoms with Crippen LogP contribution in [0.3, 0.4) is 0 Å². The molecule has 3 atom stereocenters. The van der Waals surface area contributed by atoms with Crippen LogP contribution >= 0.6 is 11.6 Å². The van der Waals surface area contributed by atoms with Crippen molar-refractivity contribution in [2.45, 2.75) is 32.0 Å². The summed E-state index contributed by atoms with van der Waals surface area (Å²) in [7, 11) is 4.08. The Hall–Kier alpha value is -5.61. The number of aliphatic hydroxyl groups excluding tert-OH is 1. The number of anilines is 2. The molecular formula is C35H43ClFN7O8. The van der Waals surface area contributed by atoms with Crippen LogP contribution in [0.5, 0.6) is 11.5 Å². The summed E-state index contributed by atoms with van der Waals surface area (Å²) in [5, 5.41) is 17.7. The van der Waals surface area contributed by atoms with Gasteiger partial charge in [-0.25, -0.2) is 23.6 Å². The maximum Gasteiger partial charge on any atom is 0.407 e. The average molecular weight is 744 g/mol. The number of amides is 4. The minimum Gasteiger partial charge on any atom is -0.497 e. The third-order valence-electron chi connectivity index (χ3n) is 8.61. The molecule has 0 spiro atoms. The highest BCUT2D eigenvalue weighted by molar-refractivity contribution is 6.31. The predicted molar refractivity (Wildman–Crippen MR) is 197 cm³/mol. The fraction of sp³-hybridized carbons (Fsp3) is 0.343. The van der Waals surface area contributed by atoms with Gasteiger partial charge in [0.05, 0.1) is 63.2 Å². The van der Waals surface area contributed by atoms with E-state index >= 15 is 0 Å². The zero-order valence-corrected chi connectivity index (χ0v) is 29.9. The third-order valence-corrected chi connectivity index (χ3v) is 8.85. The second-order valence-electron chi connectivity index (χ2n) is 11.9. The van der Waals surface area contributed by atoms with Gasteiger partial charge >= 0.3 is 12.1 Å². The van der Waals surface area contributed by atoms with Crippen LogP contribution in [0.25, 0.3) is 10.9 Å². The molecule has 3 N–H and O–H groups in total. The maximum absolute atomic E-state index is 14.4. The van der Waals surface area contributed by atoms with E-state index in [4.69, 9.17) is 26.1 Å². The molecule has 4 amide bonds. The fourth-order valence-corrected chi connectivity index (χ4v) is 6.07. The van der Waals surface area contributed by atoms with Crippen LogP contribution in [0.15, 0.2) is 65.5 Å². The van der Waals surface area contributed by atoms with Gasteiger partial charge in [0, 0.05) is 32.7 Å². The number of urea groups is 1. The van der Waals surface area contributed by atoms with Crippen molar-refractivity contribution in [2.75, 3.05) is 62.7 Å². The molecule has 1 aliphatic heterocycles. The molecule has 52 heavy (non-hydrogen) atoms. The number of benzene rings is 3. The smallest absolute Gasteiger partial charge is 0.407 e. The zero-order valence-electron chi connectivity index (χ0n) is 29.1. The molecule has 1 aromatic heterocycles. The number of ether oxygens (including phenoxy) is 3. The summed E-state index contributed by atoms with van der Waals surface area (Å²) in [5.41, 5.74) is 0.460. The minimum atomic E-state index is -1.25. The van der Waals surface area contributed by atoms with Crippen LogP contribution in [0, 0.1) is 5.82 Å². The number of fused-ring (bicyclic) bond motifs is 1. The quantitative estimate of drug-likeness (QED) is 0.212. The number of hydrogen-bond acceptors (Lipinski definition) is 10. The Morgan fingerprint density at radius 2 is 1.67 bits per heavy atom. The standard InChI is InChI=1S/C35H39ClFN7O8.2H2/c1-20(43(28-13-11-25(50-3)19-29(28)51-4)34(48)38-24-9-7-23(37)8-10-24)31-39-27-18-22(36)6-12-26(27)32(46)44(31)42-16-14-41(15-17-42)33(47)30(21(2)45)40-35(49)52-5;;/h6-13,18-21,30,45H,14-17H2,1-5H3,(H,38,48)(H,40,49);2*1H/t20?,21-,30-;;/m1../s1. The van der Waals surface area contributed by atoms with Crippen molar-refractivity contribution in [3.8, 4) is 11.5 Å². The molecule has 1 saturated heterocycles. The van der Waals surface area contributed by atoms with Crippen LogP contribution < -0.4 is 35.6 Å². The number of aromatic nitrogens is 2. The van der Waals surface area contributed by atoms with Gasteiger partial charge in [-0.3, -0.25) is 14.5 Å². The average Bonchev–Trinajstić information content (AvgIpc) is 3.14. The van der Waals surface area contributed by atoms with Crippen molar-refractivity contribution in [1.29, 1.82) is 0 Å². The largest absolute Gasteiger partial charge is 0.497 e. The highest BCUT2D eigenvalue weighted by Crippen LogP contribution is 2.37. The molecular weight excluding hydrogens is 701 g/mol. The zero-order chi connectivity index (χ0) is 37.7. The fourth-order valence-electron chi connectivity index (χ4n) is 5.91. The number of halogens is 2. The third kappa shape index (κ3) is 7.97. The van der Waals surface area contributed by atoms with Crippen molar-refractivity contribution in [1.82, 2.24) is 19.9 Å². The molecule has 2 heterocycles. The number of piperazine rings is 1. The number of rotatable bonds is 10. The number of carbonyl (C=O) groups excluding carboxylic acids is 3. The van der Waals surface area contributed by atoms with Crippen molar-refractivity contribution in [3.05, 3.63) is 87.7 Å². The van der Waals surface area contributed by atoms with Gasteiger partial charge in [-0.2, -0.15) is 0 Å². The van der Waals surface area contributed by atoms with E-state index in [0.717, 1.165) is 7.11 Å². The second kappa shape index (κ2) is 16.2. The molecule has 17 heteroatoms. The van der Waals surface area contributed by atoms with Gasteiger partial charge in [-0.05, 0) is 68.4 Å². The van der Waals surface area contributed by atoms with E-state index in [1.54, 1.807) is 48.3 Å². The van der Waals surface area contributed by atoms with Crippen LogP contribution in [-0.2, 0) is 9.53 Å². The monoisotopic (exact) mass is 743 g/mol. The van der Waals surface area contributed by atoms with E-state index in [2.05, 4.69) is 15.4 Å². The Morgan fingerprint density at radius 3 is 2.29 bits per heavy atom. The lowest BCUT2D eigenvalue weighted by atomic mass is 10.1. The molecule has 0 bridgehead atoms. The second-order valence-corrected chi connectivity index (χ2v) is 12.3. The number of carbonyl (C=O) groups is 3. The van der Waals surface area contributed by atoms with E-state index in [1.165, 1.54) is 59.9 Å². The minimum absolute atomic E-state index is 0. The van der Waals surface area contributed by atoms with Crippen molar-refractivity contribution >= 4 is 51.9 Å². The summed E-state index contributed by atoms with van der Waals surface area (Å²) in [4.78, 5) is 61.6. The van der Waals surface area contributed by atoms with Crippen LogP contribution in [0.4, 0.5) is 25.4 Å². The van der Waals surface area contributed by atoms with E-state index in [-0.39, 0.29) is 46.0 Å². The SMILES string of the molecule is COC(=O)N[C@@H](C(=O)N1CCN(n2c(C(C)N(C(=O)Nc3ccc(F)cc3)c3ccc(OC)cc3OC)nc3cc(Cl)ccc3c2=O)CC1)[C@@H](C)O.[HH].[HH]. The lowest BCUT2D eigenvalue weighted by molar-refractivity contribution is -0.136. The first-order valence-corrected chi connectivity index (χ1v) is 16.6. The van der Waals surface area contributed by atoms with E-state index < -0.39 is 47.6 Å². The van der Waals surface area contributed by atoms with Crippen LogP contribution in [-0.4, -0.2) is 97.4 Å². The predicted octanol–water partition coefficient (Wildman–Crippen LogP) is 4.38. The first-order valence-electron chi connectivity index (χ1n) is 16.2. The highest BCUT2D eigenvalue weighted by Gasteiger charge is 2.35. The molecule has 1 unspecified atom stereocenters. The lowest BCUT2D eigenvalue weighted by Gasteiger charge is -2.40. The molecule has 5 rings (SSSR count). The topological polar surface area (TPSA) is 168 Å². The summed E-state index contributed by atoms with van der Waals surface area (Å²) < 4.78 is 30.8. The molecule has 280 valence electrons. The number of nitrogens with one attached hydrogen (secondary N) is 2. The molecule has 1 aliphatic rings. The van der Waals surface area contributed by atoms with Gasteiger partial charge < -0.3 is 39.9 Å². The van der Waals surface area contributed by atoms with Gasteiger partial charge in [0.1, 0.15) is 23.4 Å². The van der Waals surface area contributed by atoms with Crippen molar-refractivity contribution < 1.29 is 40.9 Å². The van der Waals surface area contributed by atoms with Gasteiger partial charge in [-0.15, -0.1) is 0 Å². The van der Waals surface area contributed by atoms with Gasteiger partial charge in [0.25, 0.3) is 5.56 Å². The first-order chi connectivity index (χ1) is 24.9. The Labute approximate surface area is 306 Å². The summed E-state index contributed by atoms with van der Waals surface area (Å²) in [6, 6.07) is 12.0. The molecule has 1 fully saturated rings. The Bertz CT molecular complexity index is 2020. The number of methoxy groups -OCH3 is 3. The molecule has 0 radical (unpaired) electrons.